The molecule has 0 radical (unpaired) electrons. The van der Waals surface area contributed by atoms with E-state index in [4.69, 9.17) is 0 Å². The zero-order valence-electron chi connectivity index (χ0n) is 15.3. The summed E-state index contributed by atoms with van der Waals surface area (Å²) in [6.07, 6.45) is 6.72. The Labute approximate surface area is 145 Å². The maximum atomic E-state index is 10.5. The summed E-state index contributed by atoms with van der Waals surface area (Å²) in [5.41, 5.74) is 0.699. The van der Waals surface area contributed by atoms with E-state index in [2.05, 4.69) is 19.9 Å². The molecule has 0 aromatic carbocycles. The van der Waals surface area contributed by atoms with E-state index in [1.807, 2.05) is 6.92 Å². The number of allylic oxidation sites excluding steroid dienone is 1. The third-order valence-electron chi connectivity index (χ3n) is 8.10. The van der Waals surface area contributed by atoms with Crippen LogP contribution in [0.15, 0.2) is 11.6 Å². The zero-order valence-corrected chi connectivity index (χ0v) is 15.3. The quantitative estimate of drug-likeness (QED) is 0.595. The Morgan fingerprint density at radius 3 is 2.50 bits per heavy atom. The number of fused-ring (bicyclic) bond motifs is 3. The molecular weight excluding hydrogens is 304 g/mol. The molecule has 138 valence electrons. The van der Waals surface area contributed by atoms with Crippen LogP contribution in [0.4, 0.5) is 0 Å². The molecule has 3 aliphatic rings. The fourth-order valence-corrected chi connectivity index (χ4v) is 5.91. The molecular formula is C20H34O4. The lowest BCUT2D eigenvalue weighted by molar-refractivity contribution is -0.104. The normalized spacial score (nSPS) is 49.8. The lowest BCUT2D eigenvalue weighted by atomic mass is 9.46. The minimum atomic E-state index is -0.650. The van der Waals surface area contributed by atoms with Gasteiger partial charge in [0.2, 0.25) is 0 Å². The second-order valence-electron chi connectivity index (χ2n) is 9.38. The largest absolute Gasteiger partial charge is 0.395 e. The van der Waals surface area contributed by atoms with Crippen LogP contribution in [0.25, 0.3) is 0 Å². The summed E-state index contributed by atoms with van der Waals surface area (Å²) in [7, 11) is 0. The predicted molar refractivity (Wildman–Crippen MR) is 93.3 cm³/mol. The first-order valence-corrected chi connectivity index (χ1v) is 9.49. The van der Waals surface area contributed by atoms with Crippen molar-refractivity contribution in [3.05, 3.63) is 11.6 Å². The highest BCUT2D eigenvalue weighted by Crippen LogP contribution is 2.63. The third-order valence-corrected chi connectivity index (χ3v) is 8.10. The van der Waals surface area contributed by atoms with Gasteiger partial charge in [0.05, 0.1) is 25.4 Å². The first kappa shape index (κ1) is 18.4. The Bertz CT molecular complexity index is 518. The van der Waals surface area contributed by atoms with Crippen LogP contribution in [0.2, 0.25) is 0 Å². The highest BCUT2D eigenvalue weighted by atomic mass is 16.3. The average molecular weight is 338 g/mol. The van der Waals surface area contributed by atoms with Gasteiger partial charge in [-0.1, -0.05) is 32.4 Å². The van der Waals surface area contributed by atoms with E-state index in [9.17, 15) is 20.4 Å². The van der Waals surface area contributed by atoms with Crippen LogP contribution in [0.5, 0.6) is 0 Å². The maximum Gasteiger partial charge on any atom is 0.0824 e. The SMILES string of the molecule is C[C@]1([C@@H](O)CO)CC[C@@]2(C)[C@@H](CC=C3[C@@H]2CC[C@H](O)[C@@]3(C)CO)C1. The van der Waals surface area contributed by atoms with Crippen LogP contribution in [0.3, 0.4) is 0 Å². The Morgan fingerprint density at radius 1 is 1.17 bits per heavy atom. The van der Waals surface area contributed by atoms with Crippen molar-refractivity contribution < 1.29 is 20.4 Å². The maximum absolute atomic E-state index is 10.5. The molecule has 3 aliphatic carbocycles. The van der Waals surface area contributed by atoms with E-state index in [0.29, 0.717) is 11.8 Å². The summed E-state index contributed by atoms with van der Waals surface area (Å²) < 4.78 is 0. The lowest BCUT2D eigenvalue weighted by Gasteiger charge is -2.60. The summed E-state index contributed by atoms with van der Waals surface area (Å²) >= 11 is 0. The monoisotopic (exact) mass is 338 g/mol. The van der Waals surface area contributed by atoms with Crippen molar-refractivity contribution in [1.82, 2.24) is 0 Å². The molecule has 0 aliphatic heterocycles. The minimum Gasteiger partial charge on any atom is -0.395 e. The van der Waals surface area contributed by atoms with Gasteiger partial charge in [0.1, 0.15) is 0 Å². The summed E-state index contributed by atoms with van der Waals surface area (Å²) in [6.45, 7) is 6.31. The smallest absolute Gasteiger partial charge is 0.0824 e. The molecule has 0 spiro atoms. The Hall–Kier alpha value is -0.420. The molecule has 0 unspecified atom stereocenters. The van der Waals surface area contributed by atoms with Gasteiger partial charge in [-0.3, -0.25) is 0 Å². The molecule has 0 heterocycles. The van der Waals surface area contributed by atoms with Gasteiger partial charge in [0.25, 0.3) is 0 Å². The van der Waals surface area contributed by atoms with Crippen LogP contribution < -0.4 is 0 Å². The van der Waals surface area contributed by atoms with Crippen molar-refractivity contribution in [2.24, 2.45) is 28.1 Å². The molecule has 2 saturated carbocycles. The Kier molecular flexibility index (Phi) is 4.66. The third kappa shape index (κ3) is 2.49. The van der Waals surface area contributed by atoms with Crippen molar-refractivity contribution in [2.75, 3.05) is 13.2 Å². The first-order valence-electron chi connectivity index (χ1n) is 9.49. The van der Waals surface area contributed by atoms with Gasteiger partial charge in [-0.25, -0.2) is 0 Å². The second kappa shape index (κ2) is 6.08. The molecule has 3 rings (SSSR count). The first-order chi connectivity index (χ1) is 11.2. The molecule has 0 amide bonds. The van der Waals surface area contributed by atoms with Crippen molar-refractivity contribution >= 4 is 0 Å². The topological polar surface area (TPSA) is 80.9 Å². The average Bonchev–Trinajstić information content (AvgIpc) is 2.58. The molecule has 4 N–H and O–H groups in total. The van der Waals surface area contributed by atoms with Gasteiger partial charge in [-0.2, -0.15) is 0 Å². The number of hydrogen-bond acceptors (Lipinski definition) is 4. The van der Waals surface area contributed by atoms with Gasteiger partial charge >= 0.3 is 0 Å². The van der Waals surface area contributed by atoms with Crippen molar-refractivity contribution in [3.63, 3.8) is 0 Å². The van der Waals surface area contributed by atoms with E-state index in [1.165, 1.54) is 5.57 Å². The molecule has 0 bridgehead atoms. The molecule has 4 nitrogen and oxygen atoms in total. The molecule has 24 heavy (non-hydrogen) atoms. The molecule has 0 aromatic heterocycles. The molecule has 2 fully saturated rings. The minimum absolute atomic E-state index is 0.00180. The molecule has 4 heteroatoms. The predicted octanol–water partition coefficient (Wildman–Crippen LogP) is 2.25. The number of rotatable bonds is 3. The number of hydrogen-bond donors (Lipinski definition) is 4. The van der Waals surface area contributed by atoms with E-state index in [-0.39, 0.29) is 24.0 Å². The van der Waals surface area contributed by atoms with Crippen LogP contribution in [-0.2, 0) is 0 Å². The van der Waals surface area contributed by atoms with Gasteiger partial charge in [0.15, 0.2) is 0 Å². The second-order valence-corrected chi connectivity index (χ2v) is 9.38. The summed E-state index contributed by atoms with van der Waals surface area (Å²) in [5, 5.41) is 40.1. The van der Waals surface area contributed by atoms with Gasteiger partial charge in [-0.15, -0.1) is 0 Å². The van der Waals surface area contributed by atoms with Crippen molar-refractivity contribution in [2.45, 2.75) is 71.5 Å². The molecule has 0 aromatic rings. The number of aliphatic hydroxyl groups excluding tert-OH is 4. The van der Waals surface area contributed by atoms with Crippen LogP contribution in [-0.4, -0.2) is 45.8 Å². The molecule has 7 atom stereocenters. The van der Waals surface area contributed by atoms with Crippen molar-refractivity contribution in [3.8, 4) is 0 Å². The summed E-state index contributed by atoms with van der Waals surface area (Å²) in [4.78, 5) is 0. The lowest BCUT2D eigenvalue weighted by Crippen LogP contribution is -2.54. The fraction of sp³-hybridized carbons (Fsp3) is 0.900. The van der Waals surface area contributed by atoms with Gasteiger partial charge in [0, 0.05) is 5.41 Å². The standard InChI is InChI=1S/C20H34O4/c1-18(17(24)11-21)8-9-19(2)13(10-18)4-5-15-14(19)6-7-16(23)20(15,3)12-22/h5,13-14,16-17,21-24H,4,6-12H2,1-3H3/t13-,14-,16-,17-,18-,19-,20-/m0/s1. The fourth-order valence-electron chi connectivity index (χ4n) is 5.91. The van der Waals surface area contributed by atoms with Crippen LogP contribution >= 0.6 is 0 Å². The van der Waals surface area contributed by atoms with E-state index < -0.39 is 17.6 Å². The Morgan fingerprint density at radius 2 is 1.88 bits per heavy atom. The van der Waals surface area contributed by atoms with E-state index >= 15 is 0 Å². The highest BCUT2D eigenvalue weighted by molar-refractivity contribution is 5.29. The zero-order chi connectivity index (χ0) is 17.8. The van der Waals surface area contributed by atoms with Crippen LogP contribution in [0.1, 0.15) is 59.3 Å². The Balaban J connectivity index is 1.92. The summed E-state index contributed by atoms with van der Waals surface area (Å²) in [6, 6.07) is 0. The highest BCUT2D eigenvalue weighted by Gasteiger charge is 2.56. The van der Waals surface area contributed by atoms with Crippen molar-refractivity contribution in [1.29, 1.82) is 0 Å². The van der Waals surface area contributed by atoms with Gasteiger partial charge in [-0.05, 0) is 61.2 Å². The van der Waals surface area contributed by atoms with E-state index in [1.54, 1.807) is 0 Å². The number of aliphatic hydroxyl groups is 4. The van der Waals surface area contributed by atoms with E-state index in [0.717, 1.165) is 38.5 Å². The van der Waals surface area contributed by atoms with Gasteiger partial charge < -0.3 is 20.4 Å². The van der Waals surface area contributed by atoms with Crippen LogP contribution in [0, 0.1) is 28.1 Å². The summed E-state index contributed by atoms with van der Waals surface area (Å²) in [5.74, 6) is 0.900. The molecule has 0 saturated heterocycles.